The number of halogens is 2. The number of hydrogen-bond acceptors (Lipinski definition) is 2. The van der Waals surface area contributed by atoms with Gasteiger partial charge < -0.3 is 5.32 Å². The van der Waals surface area contributed by atoms with E-state index in [1.807, 2.05) is 25.1 Å². The van der Waals surface area contributed by atoms with Gasteiger partial charge >= 0.3 is 0 Å². The first kappa shape index (κ1) is 16.0. The maximum atomic E-state index is 11.9. The van der Waals surface area contributed by atoms with E-state index in [1.165, 1.54) is 5.56 Å². The van der Waals surface area contributed by atoms with E-state index in [9.17, 15) is 4.79 Å². The topological polar surface area (TPSA) is 29.1 Å². The highest BCUT2D eigenvalue weighted by atomic mass is 35.5. The highest BCUT2D eigenvalue weighted by Gasteiger charge is 2.51. The number of carbonyl (C=O) groups excluding carboxylic acids is 1. The van der Waals surface area contributed by atoms with Crippen molar-refractivity contribution in [2.24, 2.45) is 5.92 Å². The van der Waals surface area contributed by atoms with Crippen LogP contribution in [0, 0.1) is 12.8 Å². The first-order chi connectivity index (χ1) is 9.40. The molecule has 0 aromatic heterocycles. The van der Waals surface area contributed by atoms with Crippen LogP contribution in [0.15, 0.2) is 24.3 Å². The van der Waals surface area contributed by atoms with Crippen molar-refractivity contribution in [2.45, 2.75) is 30.6 Å². The molecule has 2 nitrogen and oxygen atoms in total. The molecule has 0 saturated heterocycles. The first-order valence-electron chi connectivity index (χ1n) is 6.70. The molecule has 20 heavy (non-hydrogen) atoms. The number of nitrogens with one attached hydrogen (secondary N) is 1. The minimum Gasteiger partial charge on any atom is -0.349 e. The zero-order chi connectivity index (χ0) is 14.8. The van der Waals surface area contributed by atoms with Gasteiger partial charge in [0.05, 0.1) is 11.8 Å². The van der Waals surface area contributed by atoms with Crippen molar-refractivity contribution in [1.82, 2.24) is 5.32 Å². The Labute approximate surface area is 134 Å². The van der Waals surface area contributed by atoms with Gasteiger partial charge in [0.1, 0.15) is 4.33 Å². The zero-order valence-corrected chi connectivity index (χ0v) is 14.0. The zero-order valence-electron chi connectivity index (χ0n) is 11.7. The molecular formula is C15H19Cl2NOS. The van der Waals surface area contributed by atoms with E-state index in [-0.39, 0.29) is 11.9 Å². The summed E-state index contributed by atoms with van der Waals surface area (Å²) in [5.74, 6) is 1.69. The molecule has 1 fully saturated rings. The third-order valence-corrected chi connectivity index (χ3v) is 5.57. The van der Waals surface area contributed by atoms with E-state index in [4.69, 9.17) is 23.2 Å². The number of aryl methyl sites for hydroxylation is 1. The van der Waals surface area contributed by atoms with Crippen molar-refractivity contribution in [3.63, 3.8) is 0 Å². The van der Waals surface area contributed by atoms with Crippen molar-refractivity contribution in [3.05, 3.63) is 35.4 Å². The lowest BCUT2D eigenvalue weighted by atomic mass is 10.0. The molecule has 5 heteroatoms. The summed E-state index contributed by atoms with van der Waals surface area (Å²) < 4.78 is -0.544. The third kappa shape index (κ3) is 4.31. The van der Waals surface area contributed by atoms with E-state index < -0.39 is 4.33 Å². The standard InChI is InChI=1S/C15H19Cl2NOS/c1-10-5-3-4-6-13(10)11(2)18-14(19)9-20-8-12-7-15(12,16)17/h3-6,11-12H,7-9H2,1-2H3,(H,18,19)/t11-,12-/m1/s1. The van der Waals surface area contributed by atoms with Crippen LogP contribution in [0.5, 0.6) is 0 Å². The van der Waals surface area contributed by atoms with Crippen LogP contribution in [0.2, 0.25) is 0 Å². The summed E-state index contributed by atoms with van der Waals surface area (Å²) >= 11 is 13.5. The summed E-state index contributed by atoms with van der Waals surface area (Å²) in [7, 11) is 0. The van der Waals surface area contributed by atoms with E-state index in [2.05, 4.69) is 18.3 Å². The van der Waals surface area contributed by atoms with Crippen LogP contribution in [-0.2, 0) is 4.79 Å². The molecule has 1 aliphatic rings. The first-order valence-corrected chi connectivity index (χ1v) is 8.61. The Morgan fingerprint density at radius 1 is 1.50 bits per heavy atom. The second-order valence-corrected chi connectivity index (χ2v) is 7.90. The molecular weight excluding hydrogens is 313 g/mol. The second-order valence-electron chi connectivity index (χ2n) is 5.32. The summed E-state index contributed by atoms with van der Waals surface area (Å²) in [6.45, 7) is 4.06. The average molecular weight is 332 g/mol. The average Bonchev–Trinajstić information content (AvgIpc) is 2.97. The Bertz CT molecular complexity index is 493. The fourth-order valence-electron chi connectivity index (χ4n) is 2.18. The molecule has 1 N–H and O–H groups in total. The van der Waals surface area contributed by atoms with Crippen LogP contribution in [0.4, 0.5) is 0 Å². The van der Waals surface area contributed by atoms with Crippen LogP contribution in [-0.4, -0.2) is 21.7 Å². The van der Waals surface area contributed by atoms with Crippen LogP contribution < -0.4 is 5.32 Å². The largest absolute Gasteiger partial charge is 0.349 e. The quantitative estimate of drug-likeness (QED) is 0.795. The monoisotopic (exact) mass is 331 g/mol. The van der Waals surface area contributed by atoms with Crippen LogP contribution in [0.3, 0.4) is 0 Å². The number of alkyl halides is 2. The molecule has 0 bridgehead atoms. The number of hydrogen-bond donors (Lipinski definition) is 1. The molecule has 1 saturated carbocycles. The minimum atomic E-state index is -0.544. The van der Waals surface area contributed by atoms with Gasteiger partial charge in [0, 0.05) is 5.92 Å². The van der Waals surface area contributed by atoms with E-state index in [0.717, 1.165) is 17.7 Å². The van der Waals surface area contributed by atoms with Crippen molar-refractivity contribution in [1.29, 1.82) is 0 Å². The molecule has 2 rings (SSSR count). The predicted molar refractivity (Wildman–Crippen MR) is 87.6 cm³/mol. The molecule has 0 aliphatic heterocycles. The van der Waals surface area contributed by atoms with Crippen molar-refractivity contribution in [2.75, 3.05) is 11.5 Å². The minimum absolute atomic E-state index is 0.0327. The molecule has 2 atom stereocenters. The fourth-order valence-corrected chi connectivity index (χ4v) is 3.96. The van der Waals surface area contributed by atoms with Gasteiger partial charge in [0.15, 0.2) is 0 Å². The predicted octanol–water partition coefficient (Wildman–Crippen LogP) is 4.10. The normalized spacial score (nSPS) is 21.3. The Kier molecular flexibility index (Phi) is 5.27. The second kappa shape index (κ2) is 6.59. The van der Waals surface area contributed by atoms with E-state index in [1.54, 1.807) is 11.8 Å². The molecule has 0 heterocycles. The summed E-state index contributed by atoms with van der Waals surface area (Å²) in [6.07, 6.45) is 0.838. The Morgan fingerprint density at radius 3 is 2.75 bits per heavy atom. The highest BCUT2D eigenvalue weighted by molar-refractivity contribution is 7.99. The molecule has 0 unspecified atom stereocenters. The molecule has 1 aromatic rings. The van der Waals surface area contributed by atoms with Gasteiger partial charge in [-0.3, -0.25) is 4.79 Å². The molecule has 0 radical (unpaired) electrons. The number of amides is 1. The van der Waals surface area contributed by atoms with E-state index >= 15 is 0 Å². The molecule has 0 spiro atoms. The smallest absolute Gasteiger partial charge is 0.230 e. The lowest BCUT2D eigenvalue weighted by molar-refractivity contribution is -0.119. The van der Waals surface area contributed by atoms with Crippen LogP contribution >= 0.6 is 35.0 Å². The Morgan fingerprint density at radius 2 is 2.15 bits per heavy atom. The summed E-state index contributed by atoms with van der Waals surface area (Å²) in [5.41, 5.74) is 2.36. The SMILES string of the molecule is Cc1ccccc1[C@@H](C)NC(=O)CSC[C@H]1CC1(Cl)Cl. The molecule has 110 valence electrons. The van der Waals surface area contributed by atoms with Crippen LogP contribution in [0.25, 0.3) is 0 Å². The van der Waals surface area contributed by atoms with Gasteiger partial charge in [-0.05, 0) is 37.1 Å². The maximum Gasteiger partial charge on any atom is 0.230 e. The lowest BCUT2D eigenvalue weighted by Gasteiger charge is -2.16. The number of carbonyl (C=O) groups is 1. The summed E-state index contributed by atoms with van der Waals surface area (Å²) in [4.78, 5) is 11.9. The maximum absolute atomic E-state index is 11.9. The third-order valence-electron chi connectivity index (χ3n) is 3.54. The summed E-state index contributed by atoms with van der Waals surface area (Å²) in [5, 5.41) is 3.03. The van der Waals surface area contributed by atoms with Gasteiger partial charge in [-0.2, -0.15) is 11.8 Å². The molecule has 1 amide bonds. The van der Waals surface area contributed by atoms with Gasteiger partial charge in [-0.25, -0.2) is 0 Å². The number of rotatable bonds is 6. The molecule has 1 aliphatic carbocycles. The fraction of sp³-hybridized carbons (Fsp3) is 0.533. The van der Waals surface area contributed by atoms with Crippen molar-refractivity contribution in [3.8, 4) is 0 Å². The van der Waals surface area contributed by atoms with Crippen LogP contribution in [0.1, 0.15) is 30.5 Å². The van der Waals surface area contributed by atoms with Crippen molar-refractivity contribution < 1.29 is 4.79 Å². The van der Waals surface area contributed by atoms with E-state index in [0.29, 0.717) is 11.7 Å². The highest BCUT2D eigenvalue weighted by Crippen LogP contribution is 2.54. The molecule has 1 aromatic carbocycles. The van der Waals surface area contributed by atoms with Gasteiger partial charge in [0.2, 0.25) is 5.91 Å². The summed E-state index contributed by atoms with van der Waals surface area (Å²) in [6, 6.07) is 8.13. The van der Waals surface area contributed by atoms with Gasteiger partial charge in [-0.15, -0.1) is 23.2 Å². The Hall–Kier alpha value is -0.380. The van der Waals surface area contributed by atoms with Crippen molar-refractivity contribution >= 4 is 40.9 Å². The lowest BCUT2D eigenvalue weighted by Crippen LogP contribution is -2.28. The Balaban J connectivity index is 1.73. The van der Waals surface area contributed by atoms with Gasteiger partial charge in [0.25, 0.3) is 0 Å². The van der Waals surface area contributed by atoms with Gasteiger partial charge in [-0.1, -0.05) is 24.3 Å². The number of benzene rings is 1. The number of thioether (sulfide) groups is 1.